The number of hydrogen-bond donors (Lipinski definition) is 2. The molecule has 114 valence electrons. The minimum absolute atomic E-state index is 0.0959. The molecule has 6 nitrogen and oxygen atoms in total. The van der Waals surface area contributed by atoms with Crippen molar-refractivity contribution < 1.29 is 13.2 Å². The van der Waals surface area contributed by atoms with Gasteiger partial charge >= 0.3 is 0 Å². The number of nitrogens with zero attached hydrogens (tertiary/aromatic N) is 1. The molecule has 0 radical (unpaired) electrons. The van der Waals surface area contributed by atoms with Gasteiger partial charge in [-0.3, -0.25) is 4.79 Å². The van der Waals surface area contributed by atoms with E-state index in [4.69, 9.17) is 5.26 Å². The summed E-state index contributed by atoms with van der Waals surface area (Å²) in [7, 11) is -2.21. The zero-order chi connectivity index (χ0) is 16.2. The van der Waals surface area contributed by atoms with E-state index in [9.17, 15) is 13.2 Å². The van der Waals surface area contributed by atoms with Gasteiger partial charge in [0.15, 0.2) is 0 Å². The third kappa shape index (κ3) is 3.71. The molecule has 0 spiro atoms. The predicted octanol–water partition coefficient (Wildman–Crippen LogP) is 1.46. The molecule has 0 unspecified atom stereocenters. The van der Waals surface area contributed by atoms with Gasteiger partial charge in [-0.2, -0.15) is 5.26 Å². The standard InChI is InChI=1S/C14H13N3O3S2/c1-16-22(19,20)13-7-6-12(21-13)14(18)17-9-11-4-2-10(8-15)3-5-11/h2-7,16H,9H2,1H3,(H,17,18). The lowest BCUT2D eigenvalue weighted by Crippen LogP contribution is -2.21. The Morgan fingerprint density at radius 3 is 2.50 bits per heavy atom. The molecule has 0 saturated heterocycles. The summed E-state index contributed by atoms with van der Waals surface area (Å²) >= 11 is 0.908. The molecule has 22 heavy (non-hydrogen) atoms. The van der Waals surface area contributed by atoms with Crippen LogP contribution in [0.2, 0.25) is 0 Å². The SMILES string of the molecule is CNS(=O)(=O)c1ccc(C(=O)NCc2ccc(C#N)cc2)s1. The minimum atomic E-state index is -3.53. The van der Waals surface area contributed by atoms with Crippen LogP contribution in [-0.2, 0) is 16.6 Å². The fourth-order valence-corrected chi connectivity index (χ4v) is 3.71. The highest BCUT2D eigenvalue weighted by molar-refractivity contribution is 7.91. The van der Waals surface area contributed by atoms with Crippen LogP contribution in [-0.4, -0.2) is 21.4 Å². The van der Waals surface area contributed by atoms with Gasteiger partial charge in [0.25, 0.3) is 5.91 Å². The number of rotatable bonds is 5. The van der Waals surface area contributed by atoms with Crippen molar-refractivity contribution in [3.63, 3.8) is 0 Å². The summed E-state index contributed by atoms with van der Waals surface area (Å²) in [6.07, 6.45) is 0. The van der Waals surface area contributed by atoms with Crippen LogP contribution in [0, 0.1) is 11.3 Å². The normalized spacial score (nSPS) is 10.9. The Bertz CT molecular complexity index is 818. The van der Waals surface area contributed by atoms with Gasteiger partial charge in [-0.15, -0.1) is 11.3 Å². The molecule has 2 rings (SSSR count). The summed E-state index contributed by atoms with van der Waals surface area (Å²) in [6, 6.07) is 11.7. The Kier molecular flexibility index (Phi) is 4.92. The molecule has 0 atom stereocenters. The summed E-state index contributed by atoms with van der Waals surface area (Å²) in [5.74, 6) is -0.341. The summed E-state index contributed by atoms with van der Waals surface area (Å²) in [5, 5.41) is 11.4. The molecular weight excluding hydrogens is 322 g/mol. The van der Waals surface area contributed by atoms with Crippen LogP contribution in [0.4, 0.5) is 0 Å². The third-order valence-corrected chi connectivity index (χ3v) is 5.86. The largest absolute Gasteiger partial charge is 0.347 e. The molecule has 2 N–H and O–H groups in total. The molecular formula is C14H13N3O3S2. The second kappa shape index (κ2) is 6.70. The number of benzene rings is 1. The fraction of sp³-hybridized carbons (Fsp3) is 0.143. The number of sulfonamides is 1. The summed E-state index contributed by atoms with van der Waals surface area (Å²) in [4.78, 5) is 12.3. The van der Waals surface area contributed by atoms with Crippen LogP contribution in [0.25, 0.3) is 0 Å². The van der Waals surface area contributed by atoms with Gasteiger partial charge in [0, 0.05) is 6.54 Å². The molecule has 0 aliphatic heterocycles. The van der Waals surface area contributed by atoms with Gasteiger partial charge in [0.2, 0.25) is 10.0 Å². The Morgan fingerprint density at radius 2 is 1.91 bits per heavy atom. The van der Waals surface area contributed by atoms with Gasteiger partial charge in [0.05, 0.1) is 16.5 Å². The van der Waals surface area contributed by atoms with Gasteiger partial charge in [-0.25, -0.2) is 13.1 Å². The first kappa shape index (κ1) is 16.2. The van der Waals surface area contributed by atoms with Crippen molar-refractivity contribution in [3.8, 4) is 6.07 Å². The highest BCUT2D eigenvalue weighted by atomic mass is 32.2. The lowest BCUT2D eigenvalue weighted by atomic mass is 10.1. The van der Waals surface area contributed by atoms with E-state index in [2.05, 4.69) is 10.0 Å². The fourth-order valence-electron chi connectivity index (χ4n) is 1.65. The average molecular weight is 335 g/mol. The van der Waals surface area contributed by atoms with E-state index in [1.807, 2.05) is 6.07 Å². The number of carbonyl (C=O) groups excluding carboxylic acids is 1. The molecule has 0 saturated carbocycles. The quantitative estimate of drug-likeness (QED) is 0.864. The maximum absolute atomic E-state index is 12.0. The van der Waals surface area contributed by atoms with Gasteiger partial charge in [0.1, 0.15) is 4.21 Å². The molecule has 0 aliphatic carbocycles. The summed E-state index contributed by atoms with van der Waals surface area (Å²) in [5.41, 5.74) is 1.40. The first-order valence-corrected chi connectivity index (χ1v) is 8.57. The highest BCUT2D eigenvalue weighted by Crippen LogP contribution is 2.21. The van der Waals surface area contributed by atoms with E-state index in [0.717, 1.165) is 16.9 Å². The molecule has 2 aromatic rings. The van der Waals surface area contributed by atoms with Crippen LogP contribution in [0.3, 0.4) is 0 Å². The van der Waals surface area contributed by atoms with Crippen molar-refractivity contribution in [3.05, 3.63) is 52.4 Å². The number of nitriles is 1. The molecule has 1 heterocycles. The molecule has 1 aromatic carbocycles. The smallest absolute Gasteiger partial charge is 0.261 e. The van der Waals surface area contributed by atoms with Crippen molar-refractivity contribution in [1.82, 2.24) is 10.0 Å². The molecule has 0 aliphatic rings. The Morgan fingerprint density at radius 1 is 1.23 bits per heavy atom. The average Bonchev–Trinajstić information content (AvgIpc) is 3.04. The minimum Gasteiger partial charge on any atom is -0.347 e. The van der Waals surface area contributed by atoms with Crippen LogP contribution in [0.1, 0.15) is 20.8 Å². The van der Waals surface area contributed by atoms with Crippen LogP contribution >= 0.6 is 11.3 Å². The van der Waals surface area contributed by atoms with Gasteiger partial charge in [-0.05, 0) is 36.9 Å². The zero-order valence-electron chi connectivity index (χ0n) is 11.7. The van der Waals surface area contributed by atoms with Crippen LogP contribution in [0.15, 0.2) is 40.6 Å². The van der Waals surface area contributed by atoms with Crippen molar-refractivity contribution in [1.29, 1.82) is 5.26 Å². The van der Waals surface area contributed by atoms with Crippen molar-refractivity contribution >= 4 is 27.3 Å². The Labute approximate surface area is 132 Å². The predicted molar refractivity (Wildman–Crippen MR) is 82.9 cm³/mol. The number of hydrogen-bond acceptors (Lipinski definition) is 5. The zero-order valence-corrected chi connectivity index (χ0v) is 13.3. The third-order valence-electron chi connectivity index (χ3n) is 2.87. The highest BCUT2D eigenvalue weighted by Gasteiger charge is 2.17. The maximum atomic E-state index is 12.0. The number of amides is 1. The molecule has 0 fully saturated rings. The first-order chi connectivity index (χ1) is 10.5. The molecule has 0 bridgehead atoms. The topological polar surface area (TPSA) is 99.1 Å². The molecule has 8 heteroatoms. The van der Waals surface area contributed by atoms with Crippen molar-refractivity contribution in [2.24, 2.45) is 0 Å². The summed E-state index contributed by atoms with van der Waals surface area (Å²) < 4.78 is 25.5. The van der Waals surface area contributed by atoms with E-state index in [1.54, 1.807) is 24.3 Å². The Balaban J connectivity index is 2.02. The summed E-state index contributed by atoms with van der Waals surface area (Å²) in [6.45, 7) is 0.302. The number of nitrogens with one attached hydrogen (secondary N) is 2. The molecule has 1 aromatic heterocycles. The number of carbonyl (C=O) groups is 1. The van der Waals surface area contributed by atoms with E-state index < -0.39 is 10.0 Å². The molecule has 1 amide bonds. The second-order valence-corrected chi connectivity index (χ2v) is 7.51. The van der Waals surface area contributed by atoms with Gasteiger partial charge in [-0.1, -0.05) is 12.1 Å². The van der Waals surface area contributed by atoms with Crippen LogP contribution < -0.4 is 10.0 Å². The number of thiophene rings is 1. The van der Waals surface area contributed by atoms with Crippen molar-refractivity contribution in [2.45, 2.75) is 10.8 Å². The van der Waals surface area contributed by atoms with E-state index >= 15 is 0 Å². The van der Waals surface area contributed by atoms with E-state index in [-0.39, 0.29) is 10.1 Å². The lowest BCUT2D eigenvalue weighted by Gasteiger charge is -2.03. The van der Waals surface area contributed by atoms with Crippen LogP contribution in [0.5, 0.6) is 0 Å². The van der Waals surface area contributed by atoms with Crippen molar-refractivity contribution in [2.75, 3.05) is 7.05 Å². The van der Waals surface area contributed by atoms with E-state index in [1.165, 1.54) is 19.2 Å². The second-order valence-electron chi connectivity index (χ2n) is 4.32. The lowest BCUT2D eigenvalue weighted by molar-refractivity contribution is 0.0955. The first-order valence-electron chi connectivity index (χ1n) is 6.27. The maximum Gasteiger partial charge on any atom is 0.261 e. The van der Waals surface area contributed by atoms with E-state index in [0.29, 0.717) is 17.0 Å². The monoisotopic (exact) mass is 335 g/mol. The van der Waals surface area contributed by atoms with Gasteiger partial charge < -0.3 is 5.32 Å². The Hall–Kier alpha value is -2.21.